The summed E-state index contributed by atoms with van der Waals surface area (Å²) in [6.07, 6.45) is -1.00. The lowest BCUT2D eigenvalue weighted by Gasteiger charge is -2.35. The van der Waals surface area contributed by atoms with Crippen LogP contribution in [0.1, 0.15) is 64.2 Å². The Bertz CT molecular complexity index is 1300. The van der Waals surface area contributed by atoms with E-state index in [1.54, 1.807) is 6.07 Å². The molecule has 3 rings (SSSR count). The van der Waals surface area contributed by atoms with E-state index in [2.05, 4.69) is 16.0 Å². The van der Waals surface area contributed by atoms with Crippen LogP contribution in [0.2, 0.25) is 5.02 Å². The van der Waals surface area contributed by atoms with Crippen LogP contribution in [0.5, 0.6) is 0 Å². The molecule has 11 heteroatoms. The molecule has 10 nitrogen and oxygen atoms in total. The van der Waals surface area contributed by atoms with Crippen molar-refractivity contribution in [3.63, 3.8) is 0 Å². The number of rotatable bonds is 13. The van der Waals surface area contributed by atoms with E-state index in [4.69, 9.17) is 22.1 Å². The van der Waals surface area contributed by atoms with Crippen molar-refractivity contribution in [2.24, 2.45) is 17.6 Å². The van der Waals surface area contributed by atoms with Gasteiger partial charge in [0.25, 0.3) is 5.91 Å². The number of halogens is 1. The number of alkyl carbamates (subject to hydrolysis) is 1. The third kappa shape index (κ3) is 8.55. The Hall–Kier alpha value is -3.92. The van der Waals surface area contributed by atoms with Gasteiger partial charge in [-0.15, -0.1) is 0 Å². The third-order valence-corrected chi connectivity index (χ3v) is 7.66. The molecule has 5 N–H and O–H groups in total. The van der Waals surface area contributed by atoms with E-state index in [0.717, 1.165) is 11.1 Å². The number of nitrogens with one attached hydrogen (secondary N) is 3. The van der Waals surface area contributed by atoms with Gasteiger partial charge < -0.3 is 26.4 Å². The van der Waals surface area contributed by atoms with E-state index < -0.39 is 53.2 Å². The number of hydrogen-bond acceptors (Lipinski definition) is 6. The van der Waals surface area contributed by atoms with Crippen LogP contribution in [0.15, 0.2) is 54.6 Å². The molecule has 226 valence electrons. The van der Waals surface area contributed by atoms with Crippen molar-refractivity contribution in [2.45, 2.75) is 70.6 Å². The van der Waals surface area contributed by atoms with E-state index >= 15 is 0 Å². The molecule has 3 unspecified atom stereocenters. The van der Waals surface area contributed by atoms with Crippen molar-refractivity contribution < 1.29 is 28.7 Å². The molecule has 0 aromatic heterocycles. The van der Waals surface area contributed by atoms with Gasteiger partial charge >= 0.3 is 6.09 Å². The van der Waals surface area contributed by atoms with Crippen molar-refractivity contribution in [3.05, 3.63) is 70.7 Å². The Kier molecular flexibility index (Phi) is 11.1. The van der Waals surface area contributed by atoms with Gasteiger partial charge in [0.15, 0.2) is 0 Å². The summed E-state index contributed by atoms with van der Waals surface area (Å²) in [5.74, 6) is -3.77. The minimum Gasteiger partial charge on any atom is -0.440 e. The zero-order valence-corrected chi connectivity index (χ0v) is 25.1. The lowest BCUT2D eigenvalue weighted by Crippen LogP contribution is -2.54. The number of nitrogens with two attached hydrogens (primary N) is 1. The van der Waals surface area contributed by atoms with Crippen LogP contribution in [0, 0.1) is 11.8 Å². The zero-order valence-electron chi connectivity index (χ0n) is 24.3. The molecule has 42 heavy (non-hydrogen) atoms. The van der Waals surface area contributed by atoms with E-state index in [0.29, 0.717) is 18.0 Å². The van der Waals surface area contributed by atoms with Gasteiger partial charge in [-0.25, -0.2) is 4.79 Å². The highest BCUT2D eigenvalue weighted by Gasteiger charge is 2.38. The number of amides is 4. The van der Waals surface area contributed by atoms with Gasteiger partial charge in [0, 0.05) is 22.9 Å². The highest BCUT2D eigenvalue weighted by Crippen LogP contribution is 2.40. The normalized spacial score (nSPS) is 17.1. The Balaban J connectivity index is 1.83. The first kappa shape index (κ1) is 32.6. The van der Waals surface area contributed by atoms with Crippen molar-refractivity contribution in [2.75, 3.05) is 6.54 Å². The van der Waals surface area contributed by atoms with E-state index in [1.807, 2.05) is 76.2 Å². The molecular formula is C31H39ClN4O6. The molecule has 1 aliphatic rings. The SMILES string of the molecule is CC(C)CC(NC(=O)OC(c1ccccc1)C(C)(C)c1cccc(Cl)c1)C(=O)NC(C[C@@H]1CCNC1=O)C(=O)C(N)=O. The van der Waals surface area contributed by atoms with Crippen LogP contribution in [0.4, 0.5) is 4.79 Å². The largest absolute Gasteiger partial charge is 0.440 e. The maximum Gasteiger partial charge on any atom is 0.408 e. The predicted octanol–water partition coefficient (Wildman–Crippen LogP) is 3.57. The summed E-state index contributed by atoms with van der Waals surface area (Å²) >= 11 is 6.26. The molecule has 1 aliphatic heterocycles. The predicted molar refractivity (Wildman–Crippen MR) is 158 cm³/mol. The smallest absolute Gasteiger partial charge is 0.408 e. The first-order valence-electron chi connectivity index (χ1n) is 14.0. The van der Waals surface area contributed by atoms with Crippen LogP contribution < -0.4 is 21.7 Å². The number of benzene rings is 2. The summed E-state index contributed by atoms with van der Waals surface area (Å²) in [5, 5.41) is 8.41. The van der Waals surface area contributed by atoms with Crippen LogP contribution >= 0.6 is 11.6 Å². The number of ketones is 1. The minimum absolute atomic E-state index is 0.0280. The Morgan fingerprint density at radius 1 is 1.05 bits per heavy atom. The molecule has 4 amide bonds. The van der Waals surface area contributed by atoms with Crippen molar-refractivity contribution in [3.8, 4) is 0 Å². The quantitative estimate of drug-likeness (QED) is 0.258. The Morgan fingerprint density at radius 3 is 2.31 bits per heavy atom. The molecule has 2 aromatic carbocycles. The maximum atomic E-state index is 13.4. The molecule has 1 saturated heterocycles. The van der Waals surface area contributed by atoms with Crippen molar-refractivity contribution >= 4 is 41.2 Å². The highest BCUT2D eigenvalue weighted by atomic mass is 35.5. The second-order valence-corrected chi connectivity index (χ2v) is 12.0. The van der Waals surface area contributed by atoms with Crippen LogP contribution in [0.25, 0.3) is 0 Å². The fraction of sp³-hybridized carbons (Fsp3) is 0.452. The summed E-state index contributed by atoms with van der Waals surface area (Å²) in [4.78, 5) is 63.2. The average molecular weight is 599 g/mol. The van der Waals surface area contributed by atoms with Gasteiger partial charge in [0.2, 0.25) is 17.6 Å². The summed E-state index contributed by atoms with van der Waals surface area (Å²) < 4.78 is 6.00. The van der Waals surface area contributed by atoms with E-state index in [-0.39, 0.29) is 24.7 Å². The number of Topliss-reactive ketones (excluding diaryl/α,β-unsaturated/α-hetero) is 1. The monoisotopic (exact) mass is 598 g/mol. The lowest BCUT2D eigenvalue weighted by molar-refractivity contribution is -0.139. The summed E-state index contributed by atoms with van der Waals surface area (Å²) in [5.41, 5.74) is 6.09. The third-order valence-electron chi connectivity index (χ3n) is 7.43. The lowest BCUT2D eigenvalue weighted by atomic mass is 9.76. The second kappa shape index (κ2) is 14.3. The average Bonchev–Trinajstić information content (AvgIpc) is 3.34. The molecule has 0 aliphatic carbocycles. The van der Waals surface area contributed by atoms with Gasteiger partial charge in [-0.05, 0) is 48.4 Å². The summed E-state index contributed by atoms with van der Waals surface area (Å²) in [7, 11) is 0. The minimum atomic E-state index is -1.31. The van der Waals surface area contributed by atoms with Gasteiger partial charge in [-0.3, -0.25) is 19.2 Å². The van der Waals surface area contributed by atoms with Gasteiger partial charge in [0.05, 0.1) is 6.04 Å². The van der Waals surface area contributed by atoms with Crippen molar-refractivity contribution in [1.29, 1.82) is 0 Å². The summed E-state index contributed by atoms with van der Waals surface area (Å²) in [6, 6.07) is 14.1. The molecule has 0 saturated carbocycles. The van der Waals surface area contributed by atoms with Gasteiger partial charge in [-0.2, -0.15) is 0 Å². The number of hydrogen-bond donors (Lipinski definition) is 4. The second-order valence-electron chi connectivity index (χ2n) is 11.6. The molecule has 1 heterocycles. The van der Waals surface area contributed by atoms with E-state index in [9.17, 15) is 24.0 Å². The number of primary amides is 1. The first-order chi connectivity index (χ1) is 19.8. The molecule has 0 radical (unpaired) electrons. The molecule has 2 aromatic rings. The fourth-order valence-corrected chi connectivity index (χ4v) is 5.31. The molecule has 4 atom stereocenters. The van der Waals surface area contributed by atoms with Gasteiger partial charge in [0.1, 0.15) is 12.1 Å². The molecule has 1 fully saturated rings. The van der Waals surface area contributed by atoms with Crippen LogP contribution in [0.3, 0.4) is 0 Å². The van der Waals surface area contributed by atoms with E-state index in [1.165, 1.54) is 0 Å². The topological polar surface area (TPSA) is 157 Å². The standard InChI is InChI=1S/C31H39ClN4O6/c1-18(2)15-24(29(40)35-23(25(37)27(33)38)16-20-13-14-34-28(20)39)36-30(41)42-26(19-9-6-5-7-10-19)31(3,4)21-11-8-12-22(32)17-21/h5-12,17-18,20,23-24,26H,13-16H2,1-4H3,(H2,33,38)(H,34,39)(H,35,40)(H,36,41)/t20-,23?,24?,26?/m0/s1. The molecular weight excluding hydrogens is 560 g/mol. The summed E-state index contributed by atoms with van der Waals surface area (Å²) in [6.45, 7) is 8.04. The Morgan fingerprint density at radius 2 is 1.74 bits per heavy atom. The van der Waals surface area contributed by atoms with Crippen LogP contribution in [-0.4, -0.2) is 48.2 Å². The Labute approximate surface area is 251 Å². The van der Waals surface area contributed by atoms with Crippen molar-refractivity contribution in [1.82, 2.24) is 16.0 Å². The highest BCUT2D eigenvalue weighted by molar-refractivity contribution is 6.38. The number of ether oxygens (including phenoxy) is 1. The zero-order chi connectivity index (χ0) is 31.0. The first-order valence-corrected chi connectivity index (χ1v) is 14.4. The number of carbonyl (C=O) groups is 5. The van der Waals surface area contributed by atoms with Gasteiger partial charge in [-0.1, -0.05) is 81.8 Å². The fourth-order valence-electron chi connectivity index (χ4n) is 5.12. The number of carbonyl (C=O) groups excluding carboxylic acids is 5. The molecule has 0 bridgehead atoms. The maximum absolute atomic E-state index is 13.4. The molecule has 0 spiro atoms. The van der Waals surface area contributed by atoms with Crippen LogP contribution in [-0.2, 0) is 29.3 Å².